The van der Waals surface area contributed by atoms with E-state index in [1.54, 1.807) is 6.20 Å². The zero-order chi connectivity index (χ0) is 8.55. The van der Waals surface area contributed by atoms with Gasteiger partial charge in [-0.1, -0.05) is 11.6 Å². The Balaban J connectivity index is 2.23. The molecular formula is C9H10ClNO. The van der Waals surface area contributed by atoms with Gasteiger partial charge in [0.15, 0.2) is 0 Å². The third-order valence-electron chi connectivity index (χ3n) is 1.91. The normalized spacial score (nSPS) is 16.2. The predicted molar refractivity (Wildman–Crippen MR) is 47.6 cm³/mol. The Morgan fingerprint density at radius 1 is 1.58 bits per heavy atom. The monoisotopic (exact) mass is 183 g/mol. The number of rotatable bonds is 2. The van der Waals surface area contributed by atoms with Gasteiger partial charge in [0.05, 0.1) is 6.10 Å². The molecule has 1 fully saturated rings. The van der Waals surface area contributed by atoms with Crippen molar-refractivity contribution in [2.75, 3.05) is 0 Å². The van der Waals surface area contributed by atoms with Crippen molar-refractivity contribution < 1.29 is 4.74 Å². The molecule has 0 atom stereocenters. The van der Waals surface area contributed by atoms with E-state index in [2.05, 4.69) is 4.98 Å². The molecule has 0 N–H and O–H groups in total. The van der Waals surface area contributed by atoms with Crippen molar-refractivity contribution in [3.63, 3.8) is 0 Å². The number of hydrogen-bond donors (Lipinski definition) is 0. The topological polar surface area (TPSA) is 22.1 Å². The van der Waals surface area contributed by atoms with E-state index in [4.69, 9.17) is 16.3 Å². The minimum atomic E-state index is 0.419. The standard InChI is InChI=1S/C9H10ClNO/c1-6-8(12-7-2-3-7)4-5-11-9(6)10/h4-5,7H,2-3H2,1H3. The number of aromatic nitrogens is 1. The molecule has 1 heterocycles. The van der Waals surface area contributed by atoms with E-state index in [0.717, 1.165) is 11.3 Å². The van der Waals surface area contributed by atoms with Gasteiger partial charge in [-0.3, -0.25) is 0 Å². The van der Waals surface area contributed by atoms with E-state index >= 15 is 0 Å². The van der Waals surface area contributed by atoms with Crippen LogP contribution in [-0.4, -0.2) is 11.1 Å². The van der Waals surface area contributed by atoms with Gasteiger partial charge in [-0.05, 0) is 25.8 Å². The van der Waals surface area contributed by atoms with Crippen molar-refractivity contribution >= 4 is 11.6 Å². The molecule has 1 aromatic heterocycles. The fraction of sp³-hybridized carbons (Fsp3) is 0.444. The van der Waals surface area contributed by atoms with E-state index in [1.165, 1.54) is 12.8 Å². The van der Waals surface area contributed by atoms with Gasteiger partial charge >= 0.3 is 0 Å². The van der Waals surface area contributed by atoms with E-state index < -0.39 is 0 Å². The Morgan fingerprint density at radius 2 is 2.33 bits per heavy atom. The van der Waals surface area contributed by atoms with Crippen LogP contribution < -0.4 is 4.74 Å². The Labute approximate surface area is 76.5 Å². The highest BCUT2D eigenvalue weighted by Gasteiger charge is 2.24. The molecule has 1 aromatic rings. The molecule has 2 nitrogen and oxygen atoms in total. The van der Waals surface area contributed by atoms with Crippen molar-refractivity contribution in [2.24, 2.45) is 0 Å². The second kappa shape index (κ2) is 2.94. The minimum Gasteiger partial charge on any atom is -0.490 e. The van der Waals surface area contributed by atoms with E-state index in [-0.39, 0.29) is 0 Å². The van der Waals surface area contributed by atoms with Crippen LogP contribution in [0.1, 0.15) is 18.4 Å². The Kier molecular flexibility index (Phi) is 1.93. The molecule has 0 spiro atoms. The van der Waals surface area contributed by atoms with Gasteiger partial charge in [0.2, 0.25) is 0 Å². The summed E-state index contributed by atoms with van der Waals surface area (Å²) in [5, 5.41) is 0.535. The van der Waals surface area contributed by atoms with Crippen molar-refractivity contribution in [1.82, 2.24) is 4.98 Å². The summed E-state index contributed by atoms with van der Waals surface area (Å²) in [6, 6.07) is 1.86. The van der Waals surface area contributed by atoms with Crippen LogP contribution in [0.3, 0.4) is 0 Å². The molecule has 1 aliphatic carbocycles. The Hall–Kier alpha value is -0.760. The van der Waals surface area contributed by atoms with Gasteiger partial charge in [-0.25, -0.2) is 4.98 Å². The fourth-order valence-corrected chi connectivity index (χ4v) is 1.14. The number of halogens is 1. The lowest BCUT2D eigenvalue weighted by molar-refractivity contribution is 0.301. The zero-order valence-corrected chi connectivity index (χ0v) is 7.64. The Morgan fingerprint density at radius 3 is 3.00 bits per heavy atom. The average Bonchev–Trinajstić information content (AvgIpc) is 2.83. The van der Waals surface area contributed by atoms with E-state index in [1.807, 2.05) is 13.0 Å². The molecule has 1 saturated carbocycles. The SMILES string of the molecule is Cc1c(OC2CC2)ccnc1Cl. The number of ether oxygens (including phenoxy) is 1. The molecule has 3 heteroatoms. The van der Waals surface area contributed by atoms with Crippen LogP contribution in [0.4, 0.5) is 0 Å². The van der Waals surface area contributed by atoms with Crippen LogP contribution in [0.2, 0.25) is 5.15 Å². The minimum absolute atomic E-state index is 0.419. The lowest BCUT2D eigenvalue weighted by atomic mass is 10.3. The molecule has 0 amide bonds. The van der Waals surface area contributed by atoms with Crippen molar-refractivity contribution in [3.8, 4) is 5.75 Å². The van der Waals surface area contributed by atoms with Gasteiger partial charge < -0.3 is 4.74 Å². The first-order valence-electron chi connectivity index (χ1n) is 4.05. The fourth-order valence-electron chi connectivity index (χ4n) is 0.987. The van der Waals surface area contributed by atoms with Crippen molar-refractivity contribution in [3.05, 3.63) is 23.0 Å². The summed E-state index contributed by atoms with van der Waals surface area (Å²) in [5.41, 5.74) is 0.936. The first-order chi connectivity index (χ1) is 5.77. The summed E-state index contributed by atoms with van der Waals surface area (Å²) in [6.07, 6.45) is 4.42. The average molecular weight is 184 g/mol. The van der Waals surface area contributed by atoms with Gasteiger partial charge in [-0.2, -0.15) is 0 Å². The maximum atomic E-state index is 5.83. The lowest BCUT2D eigenvalue weighted by Crippen LogP contribution is -1.98. The van der Waals surface area contributed by atoms with E-state index in [9.17, 15) is 0 Å². The molecule has 0 aromatic carbocycles. The molecule has 0 aliphatic heterocycles. The van der Waals surface area contributed by atoms with Crippen molar-refractivity contribution in [1.29, 1.82) is 0 Å². The maximum Gasteiger partial charge on any atom is 0.135 e. The van der Waals surface area contributed by atoms with Gasteiger partial charge in [-0.15, -0.1) is 0 Å². The summed E-state index contributed by atoms with van der Waals surface area (Å²) in [7, 11) is 0. The summed E-state index contributed by atoms with van der Waals surface area (Å²) in [4.78, 5) is 3.95. The van der Waals surface area contributed by atoms with Crippen LogP contribution in [0.5, 0.6) is 5.75 Å². The molecule has 0 saturated heterocycles. The van der Waals surface area contributed by atoms with Gasteiger partial charge in [0, 0.05) is 11.8 Å². The van der Waals surface area contributed by atoms with Crippen LogP contribution in [-0.2, 0) is 0 Å². The number of pyridine rings is 1. The van der Waals surface area contributed by atoms with Gasteiger partial charge in [0.1, 0.15) is 10.9 Å². The first kappa shape index (κ1) is 7.87. The third-order valence-corrected chi connectivity index (χ3v) is 2.29. The Bertz CT molecular complexity index is 297. The molecule has 0 radical (unpaired) electrons. The van der Waals surface area contributed by atoms with Crippen LogP contribution in [0, 0.1) is 6.92 Å². The van der Waals surface area contributed by atoms with Crippen molar-refractivity contribution in [2.45, 2.75) is 25.9 Å². The summed E-state index contributed by atoms with van der Waals surface area (Å²) >= 11 is 5.83. The maximum absolute atomic E-state index is 5.83. The number of hydrogen-bond acceptors (Lipinski definition) is 2. The molecule has 64 valence electrons. The lowest BCUT2D eigenvalue weighted by Gasteiger charge is -2.07. The second-order valence-electron chi connectivity index (χ2n) is 3.04. The van der Waals surface area contributed by atoms with E-state index in [0.29, 0.717) is 11.3 Å². The molecule has 2 rings (SSSR count). The molecule has 0 bridgehead atoms. The second-order valence-corrected chi connectivity index (χ2v) is 3.40. The quantitative estimate of drug-likeness (QED) is 0.658. The summed E-state index contributed by atoms with van der Waals surface area (Å²) < 4.78 is 5.61. The van der Waals surface area contributed by atoms with Gasteiger partial charge in [0.25, 0.3) is 0 Å². The molecule has 12 heavy (non-hydrogen) atoms. The molecular weight excluding hydrogens is 174 g/mol. The predicted octanol–water partition coefficient (Wildman–Crippen LogP) is 2.58. The molecule has 0 unspecified atom stereocenters. The first-order valence-corrected chi connectivity index (χ1v) is 4.43. The highest BCUT2D eigenvalue weighted by atomic mass is 35.5. The summed E-state index contributed by atoms with van der Waals surface area (Å²) in [6.45, 7) is 1.92. The largest absolute Gasteiger partial charge is 0.490 e. The van der Waals surface area contributed by atoms with Crippen LogP contribution in [0.25, 0.3) is 0 Å². The van der Waals surface area contributed by atoms with Crippen LogP contribution >= 0.6 is 11.6 Å². The van der Waals surface area contributed by atoms with Crippen LogP contribution in [0.15, 0.2) is 12.3 Å². The zero-order valence-electron chi connectivity index (χ0n) is 6.88. The highest BCUT2D eigenvalue weighted by Crippen LogP contribution is 2.30. The number of nitrogens with zero attached hydrogens (tertiary/aromatic N) is 1. The molecule has 1 aliphatic rings. The summed E-state index contributed by atoms with van der Waals surface area (Å²) in [5.74, 6) is 0.873. The smallest absolute Gasteiger partial charge is 0.135 e. The third kappa shape index (κ3) is 1.53. The highest BCUT2D eigenvalue weighted by molar-refractivity contribution is 6.30.